The molecular formula is C20H23N5O2. The van der Waals surface area contributed by atoms with Crippen molar-refractivity contribution in [2.24, 2.45) is 0 Å². The van der Waals surface area contributed by atoms with Crippen molar-refractivity contribution >= 4 is 5.91 Å². The molecule has 0 N–H and O–H groups in total. The number of rotatable bonds is 4. The lowest BCUT2D eigenvalue weighted by atomic mass is 10.1. The quantitative estimate of drug-likeness (QED) is 0.710. The van der Waals surface area contributed by atoms with Gasteiger partial charge in [-0.05, 0) is 45.7 Å². The first-order valence-corrected chi connectivity index (χ1v) is 9.25. The lowest BCUT2D eigenvalue weighted by molar-refractivity contribution is -0.131. The molecule has 3 aromatic rings. The largest absolute Gasteiger partial charge is 0.334 e. The Morgan fingerprint density at radius 3 is 2.63 bits per heavy atom. The molecule has 3 heterocycles. The van der Waals surface area contributed by atoms with Crippen molar-refractivity contribution in [3.8, 4) is 5.69 Å². The Morgan fingerprint density at radius 2 is 1.93 bits per heavy atom. The van der Waals surface area contributed by atoms with E-state index in [0.717, 1.165) is 53.4 Å². The molecule has 1 unspecified atom stereocenters. The van der Waals surface area contributed by atoms with Crippen LogP contribution >= 0.6 is 0 Å². The van der Waals surface area contributed by atoms with Crippen LogP contribution in [0.3, 0.4) is 0 Å². The SMILES string of the molecule is Cc1nonc1C1CCCN1C(=O)Cc1c(C)nn(-c2ccccc2)c1C. The summed E-state index contributed by atoms with van der Waals surface area (Å²) in [4.78, 5) is 15.0. The number of benzene rings is 1. The van der Waals surface area contributed by atoms with E-state index >= 15 is 0 Å². The number of hydrogen-bond acceptors (Lipinski definition) is 5. The molecule has 1 amide bonds. The number of para-hydroxylation sites is 1. The van der Waals surface area contributed by atoms with Gasteiger partial charge in [0.1, 0.15) is 11.4 Å². The van der Waals surface area contributed by atoms with E-state index < -0.39 is 0 Å². The Balaban J connectivity index is 1.58. The van der Waals surface area contributed by atoms with Gasteiger partial charge in [-0.25, -0.2) is 9.31 Å². The summed E-state index contributed by atoms with van der Waals surface area (Å²) in [5.41, 5.74) is 5.41. The van der Waals surface area contributed by atoms with Gasteiger partial charge in [-0.2, -0.15) is 5.10 Å². The highest BCUT2D eigenvalue weighted by Crippen LogP contribution is 2.33. The van der Waals surface area contributed by atoms with E-state index in [9.17, 15) is 4.79 Å². The molecule has 2 aromatic heterocycles. The molecular weight excluding hydrogens is 342 g/mol. The molecule has 0 bridgehead atoms. The van der Waals surface area contributed by atoms with Gasteiger partial charge in [0.05, 0.1) is 23.8 Å². The topological polar surface area (TPSA) is 77.1 Å². The maximum Gasteiger partial charge on any atom is 0.227 e. The monoisotopic (exact) mass is 365 g/mol. The molecule has 1 saturated heterocycles. The number of carbonyl (C=O) groups is 1. The number of aromatic nitrogens is 4. The maximum atomic E-state index is 13.1. The van der Waals surface area contributed by atoms with Gasteiger partial charge in [0.2, 0.25) is 5.91 Å². The number of nitrogens with zero attached hydrogens (tertiary/aromatic N) is 5. The van der Waals surface area contributed by atoms with Crippen LogP contribution in [0.5, 0.6) is 0 Å². The van der Waals surface area contributed by atoms with Crippen LogP contribution in [0.2, 0.25) is 0 Å². The molecule has 0 spiro atoms. The van der Waals surface area contributed by atoms with E-state index in [1.807, 2.05) is 60.7 Å². The van der Waals surface area contributed by atoms with E-state index in [0.29, 0.717) is 6.42 Å². The van der Waals surface area contributed by atoms with Crippen LogP contribution in [0, 0.1) is 20.8 Å². The molecule has 1 aliphatic rings. The minimum absolute atomic E-state index is 0.0477. The molecule has 1 atom stereocenters. The first-order chi connectivity index (χ1) is 13.1. The van der Waals surface area contributed by atoms with Crippen molar-refractivity contribution < 1.29 is 9.42 Å². The van der Waals surface area contributed by atoms with E-state index in [1.54, 1.807) is 0 Å². The van der Waals surface area contributed by atoms with Gasteiger partial charge in [0, 0.05) is 17.8 Å². The van der Waals surface area contributed by atoms with E-state index in [2.05, 4.69) is 15.4 Å². The standard InChI is InChI=1S/C20H23N5O2/c1-13-17(15(3)25(21-13)16-8-5-4-6-9-16)12-19(26)24-11-7-10-18(24)20-14(2)22-27-23-20/h4-6,8-9,18H,7,10-12H2,1-3H3. The number of hydrogen-bond donors (Lipinski definition) is 0. The van der Waals surface area contributed by atoms with Crippen LogP contribution in [0.1, 0.15) is 47.2 Å². The lowest BCUT2D eigenvalue weighted by Crippen LogP contribution is -2.32. The highest BCUT2D eigenvalue weighted by molar-refractivity contribution is 5.80. The smallest absolute Gasteiger partial charge is 0.227 e. The third kappa shape index (κ3) is 3.13. The van der Waals surface area contributed by atoms with Crippen molar-refractivity contribution in [3.05, 3.63) is 58.7 Å². The zero-order chi connectivity index (χ0) is 19.0. The third-order valence-electron chi connectivity index (χ3n) is 5.35. The summed E-state index contributed by atoms with van der Waals surface area (Å²) in [6.45, 7) is 6.58. The van der Waals surface area contributed by atoms with Crippen molar-refractivity contribution in [2.45, 2.75) is 46.1 Å². The number of likely N-dealkylation sites (tertiary alicyclic amines) is 1. The average Bonchev–Trinajstić information content (AvgIpc) is 3.37. The van der Waals surface area contributed by atoms with E-state index in [4.69, 9.17) is 4.63 Å². The summed E-state index contributed by atoms with van der Waals surface area (Å²) >= 11 is 0. The fourth-order valence-electron chi connectivity index (χ4n) is 3.89. The van der Waals surface area contributed by atoms with E-state index in [-0.39, 0.29) is 11.9 Å². The Hall–Kier alpha value is -2.96. The van der Waals surface area contributed by atoms with Crippen LogP contribution in [0.25, 0.3) is 5.69 Å². The normalized spacial score (nSPS) is 16.9. The molecule has 7 heteroatoms. The highest BCUT2D eigenvalue weighted by atomic mass is 16.6. The van der Waals surface area contributed by atoms with Crippen molar-refractivity contribution in [2.75, 3.05) is 6.54 Å². The molecule has 4 rings (SSSR count). The molecule has 140 valence electrons. The van der Waals surface area contributed by atoms with Gasteiger partial charge in [-0.1, -0.05) is 28.5 Å². The predicted octanol–water partition coefficient (Wildman–Crippen LogP) is 3.09. The minimum Gasteiger partial charge on any atom is -0.334 e. The van der Waals surface area contributed by atoms with Gasteiger partial charge in [0.25, 0.3) is 0 Å². The summed E-state index contributed by atoms with van der Waals surface area (Å²) in [6.07, 6.45) is 2.19. The molecule has 1 aliphatic heterocycles. The Kier molecular flexibility index (Phi) is 4.51. The Bertz CT molecular complexity index is 960. The van der Waals surface area contributed by atoms with Crippen LogP contribution < -0.4 is 0 Å². The van der Waals surface area contributed by atoms with Gasteiger partial charge < -0.3 is 4.90 Å². The van der Waals surface area contributed by atoms with Crippen LogP contribution in [-0.2, 0) is 11.2 Å². The van der Waals surface area contributed by atoms with Crippen LogP contribution in [-0.4, -0.2) is 37.4 Å². The second kappa shape index (κ2) is 6.98. The predicted molar refractivity (Wildman–Crippen MR) is 99.5 cm³/mol. The van der Waals surface area contributed by atoms with Gasteiger partial charge in [-0.3, -0.25) is 4.79 Å². The summed E-state index contributed by atoms with van der Waals surface area (Å²) in [7, 11) is 0. The fourth-order valence-corrected chi connectivity index (χ4v) is 3.89. The lowest BCUT2D eigenvalue weighted by Gasteiger charge is -2.23. The van der Waals surface area contributed by atoms with Gasteiger partial charge >= 0.3 is 0 Å². The molecule has 1 fully saturated rings. The molecule has 27 heavy (non-hydrogen) atoms. The Labute approximate surface area is 157 Å². The molecule has 1 aromatic carbocycles. The number of amides is 1. The maximum absolute atomic E-state index is 13.1. The summed E-state index contributed by atoms with van der Waals surface area (Å²) in [5, 5.41) is 12.5. The zero-order valence-electron chi connectivity index (χ0n) is 15.8. The zero-order valence-corrected chi connectivity index (χ0v) is 15.8. The van der Waals surface area contributed by atoms with Crippen LogP contribution in [0.15, 0.2) is 35.0 Å². The van der Waals surface area contributed by atoms with Crippen molar-refractivity contribution in [3.63, 3.8) is 0 Å². The molecule has 7 nitrogen and oxygen atoms in total. The number of aryl methyl sites for hydroxylation is 2. The first kappa shape index (κ1) is 17.5. The molecule has 0 radical (unpaired) electrons. The Morgan fingerprint density at radius 1 is 1.15 bits per heavy atom. The highest BCUT2D eigenvalue weighted by Gasteiger charge is 2.34. The first-order valence-electron chi connectivity index (χ1n) is 9.25. The van der Waals surface area contributed by atoms with Gasteiger partial charge in [0.15, 0.2) is 0 Å². The van der Waals surface area contributed by atoms with E-state index in [1.165, 1.54) is 0 Å². The van der Waals surface area contributed by atoms with Crippen molar-refractivity contribution in [1.82, 2.24) is 25.0 Å². The van der Waals surface area contributed by atoms with Crippen LogP contribution in [0.4, 0.5) is 0 Å². The molecule has 0 aliphatic carbocycles. The average molecular weight is 365 g/mol. The second-order valence-electron chi connectivity index (χ2n) is 7.05. The summed E-state index contributed by atoms with van der Waals surface area (Å²) in [6, 6.07) is 9.94. The van der Waals surface area contributed by atoms with Crippen molar-refractivity contribution in [1.29, 1.82) is 0 Å². The fraction of sp³-hybridized carbons (Fsp3) is 0.400. The second-order valence-corrected chi connectivity index (χ2v) is 7.05. The molecule has 0 saturated carbocycles. The minimum atomic E-state index is -0.0477. The number of carbonyl (C=O) groups excluding carboxylic acids is 1. The summed E-state index contributed by atoms with van der Waals surface area (Å²) < 4.78 is 6.75. The van der Waals surface area contributed by atoms with Gasteiger partial charge in [-0.15, -0.1) is 0 Å². The third-order valence-corrected chi connectivity index (χ3v) is 5.35. The summed E-state index contributed by atoms with van der Waals surface area (Å²) in [5.74, 6) is 0.0960.